The predicted octanol–water partition coefficient (Wildman–Crippen LogP) is 3.40. The summed E-state index contributed by atoms with van der Waals surface area (Å²) in [5.74, 6) is -0.400. The first-order valence-electron chi connectivity index (χ1n) is 11.6. The van der Waals surface area contributed by atoms with Gasteiger partial charge in [0.2, 0.25) is 0 Å². The Bertz CT molecular complexity index is 1470. The van der Waals surface area contributed by atoms with Crippen LogP contribution in [0.5, 0.6) is 5.75 Å². The van der Waals surface area contributed by atoms with Crippen LogP contribution < -0.4 is 21.3 Å². The molecule has 3 heterocycles. The van der Waals surface area contributed by atoms with Crippen LogP contribution in [0.4, 0.5) is 10.2 Å². The molecule has 5 rings (SSSR count). The number of hydrogen-bond donors (Lipinski definition) is 3. The summed E-state index contributed by atoms with van der Waals surface area (Å²) in [4.78, 5) is 25.3. The van der Waals surface area contributed by atoms with Crippen LogP contribution in [0.15, 0.2) is 53.5 Å². The second-order valence-corrected chi connectivity index (χ2v) is 8.68. The maximum absolute atomic E-state index is 13.6. The molecule has 0 radical (unpaired) electrons. The molecule has 1 aliphatic heterocycles. The average Bonchev–Trinajstić information content (AvgIpc) is 3.32. The molecule has 0 saturated carbocycles. The van der Waals surface area contributed by atoms with E-state index in [1.54, 1.807) is 0 Å². The van der Waals surface area contributed by atoms with Gasteiger partial charge >= 0.3 is 0 Å². The molecule has 2 aromatic heterocycles. The van der Waals surface area contributed by atoms with E-state index in [1.807, 2.05) is 35.0 Å². The van der Waals surface area contributed by atoms with Crippen LogP contribution in [0.25, 0.3) is 22.0 Å². The fourth-order valence-electron chi connectivity index (χ4n) is 4.64. The van der Waals surface area contributed by atoms with E-state index in [2.05, 4.69) is 15.5 Å². The lowest BCUT2D eigenvalue weighted by molar-refractivity contribution is 0.0707. The molecule has 0 bridgehead atoms. The van der Waals surface area contributed by atoms with Crippen molar-refractivity contribution in [1.29, 1.82) is 0 Å². The number of aromatic amines is 1. The molecular formula is C26H26FN5O4. The normalized spacial score (nSPS) is 14.2. The Morgan fingerprint density at radius 3 is 2.72 bits per heavy atom. The smallest absolute Gasteiger partial charge is 0.288 e. The summed E-state index contributed by atoms with van der Waals surface area (Å²) < 4.78 is 26.3. The second-order valence-electron chi connectivity index (χ2n) is 8.68. The van der Waals surface area contributed by atoms with Crippen LogP contribution in [0.2, 0.25) is 0 Å². The Labute approximate surface area is 206 Å². The van der Waals surface area contributed by atoms with Gasteiger partial charge in [-0.2, -0.15) is 5.10 Å². The molecule has 4 N–H and O–H groups in total. The van der Waals surface area contributed by atoms with Crippen molar-refractivity contribution in [1.82, 2.24) is 20.1 Å². The standard InChI is InChI=1S/C26H26FN5O4/c1-35-21-7-6-17(27)12-19(21)25(33)29-13-15-2-4-16(5-3-15)20-14-32(18-8-10-36-11-9-18)23-22(20)24(28)30-31-26(23)34/h2-7,12,14,18H,8-11,13H2,1H3,(H2,28,30)(H,29,33)(H,31,34). The zero-order valence-corrected chi connectivity index (χ0v) is 19.7. The van der Waals surface area contributed by atoms with Crippen LogP contribution >= 0.6 is 0 Å². The van der Waals surface area contributed by atoms with E-state index in [-0.39, 0.29) is 29.5 Å². The van der Waals surface area contributed by atoms with E-state index in [0.717, 1.165) is 35.6 Å². The molecule has 36 heavy (non-hydrogen) atoms. The van der Waals surface area contributed by atoms with Crippen molar-refractivity contribution in [2.75, 3.05) is 26.1 Å². The number of rotatable bonds is 6. The molecule has 0 spiro atoms. The third-order valence-electron chi connectivity index (χ3n) is 6.49. The first kappa shape index (κ1) is 23.6. The number of nitrogen functional groups attached to an aromatic ring is 1. The number of methoxy groups -OCH3 is 1. The van der Waals surface area contributed by atoms with E-state index in [1.165, 1.54) is 19.2 Å². The van der Waals surface area contributed by atoms with Crippen molar-refractivity contribution >= 4 is 22.6 Å². The molecule has 0 atom stereocenters. The van der Waals surface area contributed by atoms with Gasteiger partial charge < -0.3 is 25.1 Å². The van der Waals surface area contributed by atoms with Crippen molar-refractivity contribution in [2.45, 2.75) is 25.4 Å². The highest BCUT2D eigenvalue weighted by Gasteiger charge is 2.23. The molecule has 1 aliphatic rings. The number of nitrogens with two attached hydrogens (primary N) is 1. The Balaban J connectivity index is 1.41. The minimum atomic E-state index is -0.516. The highest BCUT2D eigenvalue weighted by molar-refractivity contribution is 6.02. The summed E-state index contributed by atoms with van der Waals surface area (Å²) in [6.45, 7) is 1.52. The molecule has 4 aromatic rings. The van der Waals surface area contributed by atoms with Crippen LogP contribution in [0, 0.1) is 5.82 Å². The Hall–Kier alpha value is -4.18. The molecule has 9 nitrogen and oxygen atoms in total. The third kappa shape index (κ3) is 4.42. The van der Waals surface area contributed by atoms with Gasteiger partial charge in [-0.1, -0.05) is 24.3 Å². The topological polar surface area (TPSA) is 124 Å². The largest absolute Gasteiger partial charge is 0.496 e. The second kappa shape index (κ2) is 9.82. The van der Waals surface area contributed by atoms with Gasteiger partial charge in [-0.15, -0.1) is 0 Å². The molecule has 1 amide bonds. The zero-order valence-electron chi connectivity index (χ0n) is 19.7. The summed E-state index contributed by atoms with van der Waals surface area (Å²) in [6.07, 6.45) is 3.57. The van der Waals surface area contributed by atoms with Crippen LogP contribution in [0.3, 0.4) is 0 Å². The summed E-state index contributed by atoms with van der Waals surface area (Å²) in [6, 6.07) is 11.5. The average molecular weight is 492 g/mol. The van der Waals surface area contributed by atoms with Crippen molar-refractivity contribution in [3.8, 4) is 16.9 Å². The summed E-state index contributed by atoms with van der Waals surface area (Å²) in [7, 11) is 1.43. The fourth-order valence-corrected chi connectivity index (χ4v) is 4.64. The highest BCUT2D eigenvalue weighted by Crippen LogP contribution is 2.35. The van der Waals surface area contributed by atoms with E-state index < -0.39 is 11.7 Å². The van der Waals surface area contributed by atoms with Gasteiger partial charge in [0.1, 0.15) is 17.1 Å². The quantitative estimate of drug-likeness (QED) is 0.380. The number of anilines is 1. The minimum absolute atomic E-state index is 0.128. The number of aromatic nitrogens is 3. The molecule has 0 unspecified atom stereocenters. The van der Waals surface area contributed by atoms with Crippen LogP contribution in [0.1, 0.15) is 34.8 Å². The number of hydrogen-bond acceptors (Lipinski definition) is 6. The fraction of sp³-hybridized carbons (Fsp3) is 0.269. The van der Waals surface area contributed by atoms with Crippen molar-refractivity contribution in [3.63, 3.8) is 0 Å². The van der Waals surface area contributed by atoms with Gasteiger partial charge in [-0.05, 0) is 42.2 Å². The van der Waals surface area contributed by atoms with Gasteiger partial charge in [0, 0.05) is 37.6 Å². The van der Waals surface area contributed by atoms with E-state index in [9.17, 15) is 14.0 Å². The highest BCUT2D eigenvalue weighted by atomic mass is 19.1. The lowest BCUT2D eigenvalue weighted by Gasteiger charge is -2.24. The first-order chi connectivity index (χ1) is 17.5. The summed E-state index contributed by atoms with van der Waals surface area (Å²) >= 11 is 0. The number of ether oxygens (including phenoxy) is 2. The predicted molar refractivity (Wildman–Crippen MR) is 133 cm³/mol. The maximum Gasteiger partial charge on any atom is 0.288 e. The van der Waals surface area contributed by atoms with Gasteiger partial charge in [0.25, 0.3) is 11.5 Å². The lowest BCUT2D eigenvalue weighted by atomic mass is 10.0. The molecular weight excluding hydrogens is 465 g/mol. The van der Waals surface area contributed by atoms with Crippen molar-refractivity contribution < 1.29 is 18.7 Å². The number of nitrogens with zero attached hydrogens (tertiary/aromatic N) is 2. The zero-order chi connectivity index (χ0) is 25.2. The van der Waals surface area contributed by atoms with Crippen molar-refractivity contribution in [3.05, 3.63) is 76.0 Å². The van der Waals surface area contributed by atoms with Gasteiger partial charge in [0.15, 0.2) is 5.82 Å². The van der Waals surface area contributed by atoms with E-state index >= 15 is 0 Å². The Kier molecular flexibility index (Phi) is 6.43. The Morgan fingerprint density at radius 2 is 2.00 bits per heavy atom. The number of nitrogens with one attached hydrogen (secondary N) is 2. The molecule has 1 fully saturated rings. The van der Waals surface area contributed by atoms with Crippen molar-refractivity contribution in [2.24, 2.45) is 0 Å². The number of H-pyrrole nitrogens is 1. The number of halogens is 1. The maximum atomic E-state index is 13.6. The monoisotopic (exact) mass is 491 g/mol. The van der Waals surface area contributed by atoms with Gasteiger partial charge in [-0.3, -0.25) is 9.59 Å². The molecule has 1 saturated heterocycles. The lowest BCUT2D eigenvalue weighted by Crippen LogP contribution is -2.23. The molecule has 2 aromatic carbocycles. The van der Waals surface area contributed by atoms with Crippen LogP contribution in [-0.4, -0.2) is 41.0 Å². The first-order valence-corrected chi connectivity index (χ1v) is 11.6. The van der Waals surface area contributed by atoms with Crippen LogP contribution in [-0.2, 0) is 11.3 Å². The number of fused-ring (bicyclic) bond motifs is 1. The summed E-state index contributed by atoms with van der Waals surface area (Å²) in [5.41, 5.74) is 9.07. The third-order valence-corrected chi connectivity index (χ3v) is 6.49. The van der Waals surface area contributed by atoms with Gasteiger partial charge in [-0.25, -0.2) is 9.49 Å². The van der Waals surface area contributed by atoms with E-state index in [4.69, 9.17) is 15.2 Å². The number of amides is 1. The molecule has 186 valence electrons. The number of carbonyl (C=O) groups is 1. The summed E-state index contributed by atoms with van der Waals surface area (Å²) in [5, 5.41) is 9.89. The number of carbonyl (C=O) groups excluding carboxylic acids is 1. The molecule has 0 aliphatic carbocycles. The SMILES string of the molecule is COc1ccc(F)cc1C(=O)NCc1ccc(-c2cn(C3CCOCC3)c3c(=O)[nH]nc(N)c23)cc1. The molecule has 10 heteroatoms. The van der Waals surface area contributed by atoms with Gasteiger partial charge in [0.05, 0.1) is 18.1 Å². The Morgan fingerprint density at radius 1 is 1.25 bits per heavy atom. The van der Waals surface area contributed by atoms with E-state index in [0.29, 0.717) is 29.9 Å². The number of benzene rings is 2. The minimum Gasteiger partial charge on any atom is -0.496 e.